The van der Waals surface area contributed by atoms with Crippen LogP contribution in [0.5, 0.6) is 0 Å². The van der Waals surface area contributed by atoms with Crippen LogP contribution in [0.15, 0.2) is 66.6 Å². The first-order valence-corrected chi connectivity index (χ1v) is 9.63. The summed E-state index contributed by atoms with van der Waals surface area (Å²) in [6.07, 6.45) is 7.17. The Morgan fingerprint density at radius 2 is 2.14 bits per heavy atom. The van der Waals surface area contributed by atoms with Gasteiger partial charge in [-0.25, -0.2) is 14.5 Å². The van der Waals surface area contributed by atoms with Crippen molar-refractivity contribution in [1.82, 2.24) is 28.9 Å². The summed E-state index contributed by atoms with van der Waals surface area (Å²) < 4.78 is 3.66. The molecule has 5 rings (SSSR count). The molecule has 0 saturated heterocycles. The maximum atomic E-state index is 13.0. The van der Waals surface area contributed by atoms with Crippen LogP contribution >= 0.6 is 11.3 Å². The molecule has 5 aromatic rings. The molecule has 28 heavy (non-hydrogen) atoms. The third-order valence-corrected chi connectivity index (χ3v) is 5.46. The summed E-state index contributed by atoms with van der Waals surface area (Å²) in [6, 6.07) is 11.7. The van der Waals surface area contributed by atoms with Gasteiger partial charge in [0.2, 0.25) is 0 Å². The van der Waals surface area contributed by atoms with Crippen LogP contribution in [0.1, 0.15) is 16.1 Å². The molecule has 0 spiro atoms. The number of hydrogen-bond donors (Lipinski definition) is 0. The fourth-order valence-corrected chi connectivity index (χ4v) is 3.97. The Hall–Kier alpha value is -3.52. The minimum Gasteiger partial charge on any atom is -0.336 e. The fraction of sp³-hybridized carbons (Fsp3) is 0.100. The van der Waals surface area contributed by atoms with E-state index in [-0.39, 0.29) is 5.91 Å². The van der Waals surface area contributed by atoms with E-state index in [4.69, 9.17) is 0 Å². The Bertz CT molecular complexity index is 1250. The third-order valence-electron chi connectivity index (χ3n) is 4.57. The highest BCUT2D eigenvalue weighted by molar-refractivity contribution is 7.13. The van der Waals surface area contributed by atoms with E-state index in [0.717, 1.165) is 21.9 Å². The van der Waals surface area contributed by atoms with E-state index in [1.807, 2.05) is 58.6 Å². The maximum absolute atomic E-state index is 13.0. The van der Waals surface area contributed by atoms with Crippen LogP contribution in [-0.2, 0) is 6.54 Å². The second-order valence-electron chi connectivity index (χ2n) is 6.46. The lowest BCUT2D eigenvalue weighted by atomic mass is 10.2. The smallest absolute Gasteiger partial charge is 0.259 e. The normalized spacial score (nSPS) is 11.3. The van der Waals surface area contributed by atoms with Gasteiger partial charge in [0.15, 0.2) is 5.65 Å². The molecule has 0 N–H and O–H groups in total. The first-order chi connectivity index (χ1) is 13.7. The van der Waals surface area contributed by atoms with Crippen LogP contribution < -0.4 is 0 Å². The second kappa shape index (κ2) is 6.58. The van der Waals surface area contributed by atoms with Crippen LogP contribution in [0.4, 0.5) is 0 Å². The molecule has 8 heteroatoms. The van der Waals surface area contributed by atoms with E-state index in [1.165, 1.54) is 0 Å². The van der Waals surface area contributed by atoms with Crippen LogP contribution in [0, 0.1) is 0 Å². The van der Waals surface area contributed by atoms with Gasteiger partial charge in [-0.15, -0.1) is 11.3 Å². The monoisotopic (exact) mass is 388 g/mol. The Kier molecular flexibility index (Phi) is 3.91. The van der Waals surface area contributed by atoms with Crippen molar-refractivity contribution in [3.05, 3.63) is 77.8 Å². The molecule has 0 aliphatic rings. The summed E-state index contributed by atoms with van der Waals surface area (Å²) in [7, 11) is 1.76. The molecule has 0 fully saturated rings. The van der Waals surface area contributed by atoms with Crippen molar-refractivity contribution in [1.29, 1.82) is 0 Å². The third kappa shape index (κ3) is 2.74. The number of thiophene rings is 1. The predicted octanol–water partition coefficient (Wildman–Crippen LogP) is 3.38. The van der Waals surface area contributed by atoms with Crippen molar-refractivity contribution >= 4 is 28.5 Å². The van der Waals surface area contributed by atoms with Crippen LogP contribution in [0.2, 0.25) is 0 Å². The van der Waals surface area contributed by atoms with Gasteiger partial charge in [-0.3, -0.25) is 4.79 Å². The van der Waals surface area contributed by atoms with E-state index in [0.29, 0.717) is 17.8 Å². The molecule has 0 saturated carbocycles. The molecule has 5 heterocycles. The summed E-state index contributed by atoms with van der Waals surface area (Å²) in [5.41, 5.74) is 3.63. The topological polar surface area (TPSA) is 67.8 Å². The summed E-state index contributed by atoms with van der Waals surface area (Å²) in [4.78, 5) is 24.7. The molecular formula is C20H16N6OS. The molecule has 0 bridgehead atoms. The molecular weight excluding hydrogens is 372 g/mol. The number of pyridine rings is 1. The molecule has 0 unspecified atom stereocenters. The second-order valence-corrected chi connectivity index (χ2v) is 7.41. The molecule has 0 radical (unpaired) electrons. The van der Waals surface area contributed by atoms with Gasteiger partial charge in [0.05, 0.1) is 29.0 Å². The van der Waals surface area contributed by atoms with E-state index in [2.05, 4.69) is 15.1 Å². The predicted molar refractivity (Wildman–Crippen MR) is 107 cm³/mol. The average molecular weight is 388 g/mol. The number of rotatable bonds is 4. The van der Waals surface area contributed by atoms with Crippen molar-refractivity contribution in [2.24, 2.45) is 0 Å². The van der Waals surface area contributed by atoms with E-state index in [1.54, 1.807) is 40.2 Å². The molecule has 138 valence electrons. The minimum atomic E-state index is -0.136. The number of carbonyl (C=O) groups excluding carboxylic acids is 1. The highest BCUT2D eigenvalue weighted by atomic mass is 32.1. The van der Waals surface area contributed by atoms with E-state index < -0.39 is 0 Å². The number of amides is 1. The molecule has 0 aliphatic carbocycles. The van der Waals surface area contributed by atoms with Gasteiger partial charge in [-0.2, -0.15) is 5.10 Å². The SMILES string of the molecule is CN(Cc1cn2ccccc2n1)C(=O)c1cnn2c(-c3cccs3)ccnc12. The van der Waals surface area contributed by atoms with Crippen LogP contribution in [-0.4, -0.2) is 41.8 Å². The van der Waals surface area contributed by atoms with E-state index in [9.17, 15) is 4.79 Å². The standard InChI is InChI=1S/C20H16N6OS/c1-24(12-14-13-25-9-3-2-6-18(25)23-14)20(27)15-11-22-26-16(7-8-21-19(15)26)17-5-4-10-28-17/h2-11,13H,12H2,1H3. The summed E-state index contributed by atoms with van der Waals surface area (Å²) in [5, 5.41) is 6.43. The molecule has 7 nitrogen and oxygen atoms in total. The zero-order valence-corrected chi connectivity index (χ0v) is 15.9. The molecule has 0 atom stereocenters. The first-order valence-electron chi connectivity index (χ1n) is 8.75. The number of aromatic nitrogens is 5. The molecule has 0 aromatic carbocycles. The number of carbonyl (C=O) groups is 1. The lowest BCUT2D eigenvalue weighted by molar-refractivity contribution is 0.0785. The van der Waals surface area contributed by atoms with Gasteiger partial charge in [-0.1, -0.05) is 12.1 Å². The van der Waals surface area contributed by atoms with Gasteiger partial charge in [0.25, 0.3) is 5.91 Å². The Balaban J connectivity index is 1.46. The lowest BCUT2D eigenvalue weighted by Gasteiger charge is -2.14. The van der Waals surface area contributed by atoms with Crippen molar-refractivity contribution in [2.45, 2.75) is 6.54 Å². The largest absolute Gasteiger partial charge is 0.336 e. The number of imidazole rings is 1. The highest BCUT2D eigenvalue weighted by Gasteiger charge is 2.20. The van der Waals surface area contributed by atoms with Crippen molar-refractivity contribution < 1.29 is 4.79 Å². The van der Waals surface area contributed by atoms with Gasteiger partial charge in [0.1, 0.15) is 11.2 Å². The zero-order valence-electron chi connectivity index (χ0n) is 15.1. The van der Waals surface area contributed by atoms with Crippen LogP contribution in [0.25, 0.3) is 21.9 Å². The molecule has 1 amide bonds. The van der Waals surface area contributed by atoms with Crippen molar-refractivity contribution in [2.75, 3.05) is 7.05 Å². The van der Waals surface area contributed by atoms with Crippen molar-refractivity contribution in [3.63, 3.8) is 0 Å². The Labute approximate surface area is 164 Å². The van der Waals surface area contributed by atoms with Crippen molar-refractivity contribution in [3.8, 4) is 10.6 Å². The summed E-state index contributed by atoms with van der Waals surface area (Å²) in [5.74, 6) is -0.136. The molecule has 5 aromatic heterocycles. The lowest BCUT2D eigenvalue weighted by Crippen LogP contribution is -2.26. The quantitative estimate of drug-likeness (QED) is 0.473. The molecule has 0 aliphatic heterocycles. The van der Waals surface area contributed by atoms with Crippen LogP contribution in [0.3, 0.4) is 0 Å². The minimum absolute atomic E-state index is 0.136. The van der Waals surface area contributed by atoms with Gasteiger partial charge in [-0.05, 0) is 29.6 Å². The summed E-state index contributed by atoms with van der Waals surface area (Å²) in [6.45, 7) is 0.405. The fourth-order valence-electron chi connectivity index (χ4n) is 3.24. The highest BCUT2D eigenvalue weighted by Crippen LogP contribution is 2.25. The Morgan fingerprint density at radius 1 is 1.21 bits per heavy atom. The van der Waals surface area contributed by atoms with Gasteiger partial charge < -0.3 is 9.30 Å². The van der Waals surface area contributed by atoms with Gasteiger partial charge in [0, 0.05) is 25.6 Å². The van der Waals surface area contributed by atoms with Gasteiger partial charge >= 0.3 is 0 Å². The first kappa shape index (κ1) is 16.6. The number of fused-ring (bicyclic) bond motifs is 2. The Morgan fingerprint density at radius 3 is 2.96 bits per heavy atom. The maximum Gasteiger partial charge on any atom is 0.259 e. The van der Waals surface area contributed by atoms with E-state index >= 15 is 0 Å². The number of hydrogen-bond acceptors (Lipinski definition) is 5. The summed E-state index contributed by atoms with van der Waals surface area (Å²) >= 11 is 1.62. The number of nitrogens with zero attached hydrogens (tertiary/aromatic N) is 6. The average Bonchev–Trinajstić information content (AvgIpc) is 3.45. The zero-order chi connectivity index (χ0) is 19.1.